The van der Waals surface area contributed by atoms with Crippen LogP contribution in [0.2, 0.25) is 0 Å². The number of anilines is 3. The second-order valence-corrected chi connectivity index (χ2v) is 4.14. The van der Waals surface area contributed by atoms with Crippen LogP contribution in [0.25, 0.3) is 22.0 Å². The van der Waals surface area contributed by atoms with Crippen molar-refractivity contribution in [1.29, 1.82) is 0 Å². The maximum Gasteiger partial charge on any atom is 0.222 e. The smallest absolute Gasteiger partial charge is 0.222 e. The van der Waals surface area contributed by atoms with E-state index in [1.807, 2.05) is 18.2 Å². The van der Waals surface area contributed by atoms with Crippen molar-refractivity contribution in [1.82, 2.24) is 19.9 Å². The monoisotopic (exact) mass is 268 g/mol. The predicted molar refractivity (Wildman–Crippen MR) is 77.2 cm³/mol. The van der Waals surface area contributed by atoms with E-state index in [0.717, 1.165) is 16.5 Å². The SMILES string of the molecule is NNc1nc(N)nc2ccc(-c3cnc(N)nc3)cc12. The first-order chi connectivity index (χ1) is 9.67. The highest BCUT2D eigenvalue weighted by atomic mass is 15.3. The van der Waals surface area contributed by atoms with Gasteiger partial charge in [-0.1, -0.05) is 6.07 Å². The van der Waals surface area contributed by atoms with Gasteiger partial charge in [0.15, 0.2) is 5.82 Å². The van der Waals surface area contributed by atoms with Gasteiger partial charge >= 0.3 is 0 Å². The van der Waals surface area contributed by atoms with Crippen molar-refractivity contribution in [3.8, 4) is 11.1 Å². The minimum Gasteiger partial charge on any atom is -0.368 e. The molecule has 0 fully saturated rings. The topological polar surface area (TPSA) is 142 Å². The van der Waals surface area contributed by atoms with Crippen LogP contribution in [0.4, 0.5) is 17.7 Å². The Morgan fingerprint density at radius 1 is 0.900 bits per heavy atom. The molecule has 0 aliphatic carbocycles. The normalized spacial score (nSPS) is 10.7. The van der Waals surface area contributed by atoms with Crippen LogP contribution >= 0.6 is 0 Å². The van der Waals surface area contributed by atoms with Crippen LogP contribution in [0.3, 0.4) is 0 Å². The predicted octanol–water partition coefficient (Wildman–Crippen LogP) is 0.537. The summed E-state index contributed by atoms with van der Waals surface area (Å²) in [5.74, 6) is 6.31. The Morgan fingerprint density at radius 2 is 1.65 bits per heavy atom. The van der Waals surface area contributed by atoms with Crippen LogP contribution in [0.5, 0.6) is 0 Å². The van der Waals surface area contributed by atoms with Crippen LogP contribution in [-0.4, -0.2) is 19.9 Å². The van der Waals surface area contributed by atoms with Gasteiger partial charge in [0, 0.05) is 23.3 Å². The van der Waals surface area contributed by atoms with Crippen molar-refractivity contribution in [2.24, 2.45) is 5.84 Å². The van der Waals surface area contributed by atoms with Gasteiger partial charge in [-0.25, -0.2) is 20.8 Å². The highest BCUT2D eigenvalue weighted by Gasteiger charge is 2.07. The van der Waals surface area contributed by atoms with Crippen molar-refractivity contribution in [3.63, 3.8) is 0 Å². The molecule has 7 N–H and O–H groups in total. The van der Waals surface area contributed by atoms with E-state index in [1.165, 1.54) is 0 Å². The number of aromatic nitrogens is 4. The van der Waals surface area contributed by atoms with Gasteiger partial charge in [0.25, 0.3) is 0 Å². The van der Waals surface area contributed by atoms with Gasteiger partial charge in [-0.2, -0.15) is 4.98 Å². The van der Waals surface area contributed by atoms with E-state index in [4.69, 9.17) is 17.3 Å². The van der Waals surface area contributed by atoms with Gasteiger partial charge in [0.2, 0.25) is 11.9 Å². The minimum absolute atomic E-state index is 0.161. The zero-order valence-electron chi connectivity index (χ0n) is 10.4. The molecule has 3 aromatic rings. The number of hydrogen-bond donors (Lipinski definition) is 4. The van der Waals surface area contributed by atoms with E-state index in [0.29, 0.717) is 11.3 Å². The second kappa shape index (κ2) is 4.59. The summed E-state index contributed by atoms with van der Waals surface area (Å²) >= 11 is 0. The first-order valence-corrected chi connectivity index (χ1v) is 5.79. The fraction of sp³-hybridized carbons (Fsp3) is 0. The molecule has 0 unspecified atom stereocenters. The lowest BCUT2D eigenvalue weighted by molar-refractivity contribution is 1.18. The molecule has 0 amide bonds. The van der Waals surface area contributed by atoms with Crippen LogP contribution in [0.15, 0.2) is 30.6 Å². The molecule has 2 heterocycles. The fourth-order valence-corrected chi connectivity index (χ4v) is 1.92. The van der Waals surface area contributed by atoms with E-state index in [2.05, 4.69) is 25.4 Å². The van der Waals surface area contributed by atoms with E-state index in [-0.39, 0.29) is 11.9 Å². The van der Waals surface area contributed by atoms with Gasteiger partial charge in [0.1, 0.15) is 0 Å². The van der Waals surface area contributed by atoms with Crippen LogP contribution < -0.4 is 22.7 Å². The first kappa shape index (κ1) is 12.1. The maximum absolute atomic E-state index is 5.61. The third-order valence-electron chi connectivity index (χ3n) is 2.85. The summed E-state index contributed by atoms with van der Waals surface area (Å²) in [6.07, 6.45) is 3.30. The maximum atomic E-state index is 5.61. The highest BCUT2D eigenvalue weighted by Crippen LogP contribution is 2.26. The molecule has 0 aliphatic rings. The number of nitrogens with one attached hydrogen (secondary N) is 1. The van der Waals surface area contributed by atoms with E-state index in [9.17, 15) is 0 Å². The zero-order chi connectivity index (χ0) is 14.1. The van der Waals surface area contributed by atoms with Gasteiger partial charge in [-0.15, -0.1) is 0 Å². The number of hydrogen-bond acceptors (Lipinski definition) is 8. The Labute approximate surface area is 114 Å². The molecule has 3 rings (SSSR count). The zero-order valence-corrected chi connectivity index (χ0v) is 10.4. The first-order valence-electron chi connectivity index (χ1n) is 5.79. The van der Waals surface area contributed by atoms with Gasteiger partial charge in [0.05, 0.1) is 5.52 Å². The molecular formula is C12H12N8. The Balaban J connectivity index is 2.19. The van der Waals surface area contributed by atoms with E-state index in [1.54, 1.807) is 12.4 Å². The number of nitrogens with zero attached hydrogens (tertiary/aromatic N) is 4. The molecule has 0 atom stereocenters. The lowest BCUT2D eigenvalue weighted by Gasteiger charge is -2.08. The average Bonchev–Trinajstić information content (AvgIpc) is 2.46. The van der Waals surface area contributed by atoms with Gasteiger partial charge < -0.3 is 16.9 Å². The largest absolute Gasteiger partial charge is 0.368 e. The molecule has 8 nitrogen and oxygen atoms in total. The molecule has 0 aliphatic heterocycles. The Morgan fingerprint density at radius 3 is 2.35 bits per heavy atom. The third-order valence-corrected chi connectivity index (χ3v) is 2.85. The lowest BCUT2D eigenvalue weighted by Crippen LogP contribution is -2.11. The van der Waals surface area contributed by atoms with Crippen molar-refractivity contribution < 1.29 is 0 Å². The fourth-order valence-electron chi connectivity index (χ4n) is 1.92. The quantitative estimate of drug-likeness (QED) is 0.389. The summed E-state index contributed by atoms with van der Waals surface area (Å²) in [7, 11) is 0. The molecular weight excluding hydrogens is 256 g/mol. The third kappa shape index (κ3) is 2.04. The molecule has 0 spiro atoms. The van der Waals surface area contributed by atoms with Crippen molar-refractivity contribution in [2.45, 2.75) is 0 Å². The van der Waals surface area contributed by atoms with Crippen molar-refractivity contribution >= 4 is 28.6 Å². The second-order valence-electron chi connectivity index (χ2n) is 4.14. The summed E-state index contributed by atoms with van der Waals surface area (Å²) in [4.78, 5) is 16.1. The summed E-state index contributed by atoms with van der Waals surface area (Å²) in [6.45, 7) is 0. The average molecular weight is 268 g/mol. The van der Waals surface area contributed by atoms with Crippen LogP contribution in [-0.2, 0) is 0 Å². The summed E-state index contributed by atoms with van der Waals surface area (Å²) < 4.78 is 0. The standard InChI is InChI=1S/C12H12N8/c13-11-16-4-7(5-17-11)6-1-2-9-8(3-6)10(20-15)19-12(14)18-9/h1-5H,15H2,(H2,13,16,17)(H3,14,18,19,20). The van der Waals surface area contributed by atoms with Crippen LogP contribution in [0, 0.1) is 0 Å². The Bertz CT molecular complexity index is 768. The molecule has 0 saturated heterocycles. The molecule has 0 radical (unpaired) electrons. The minimum atomic E-state index is 0.161. The number of fused-ring (bicyclic) bond motifs is 1. The molecule has 2 aromatic heterocycles. The Kier molecular flexibility index (Phi) is 2.77. The van der Waals surface area contributed by atoms with Gasteiger partial charge in [-0.05, 0) is 17.7 Å². The summed E-state index contributed by atoms with van der Waals surface area (Å²) in [5.41, 5.74) is 16.0. The summed E-state index contributed by atoms with van der Waals surface area (Å²) in [5, 5.41) is 0.760. The van der Waals surface area contributed by atoms with Crippen molar-refractivity contribution in [2.75, 3.05) is 16.9 Å². The number of nitrogen functional groups attached to an aromatic ring is 3. The van der Waals surface area contributed by atoms with Crippen LogP contribution in [0.1, 0.15) is 0 Å². The summed E-state index contributed by atoms with van der Waals surface area (Å²) in [6, 6.07) is 5.61. The van der Waals surface area contributed by atoms with Gasteiger partial charge in [-0.3, -0.25) is 0 Å². The number of nitrogens with two attached hydrogens (primary N) is 3. The molecule has 20 heavy (non-hydrogen) atoms. The number of hydrazine groups is 1. The Hall–Kier alpha value is -3.00. The van der Waals surface area contributed by atoms with E-state index >= 15 is 0 Å². The molecule has 1 aromatic carbocycles. The molecule has 8 heteroatoms. The molecule has 0 saturated carbocycles. The lowest BCUT2D eigenvalue weighted by atomic mass is 10.1. The molecule has 100 valence electrons. The van der Waals surface area contributed by atoms with E-state index < -0.39 is 0 Å². The number of benzene rings is 1. The van der Waals surface area contributed by atoms with Crippen molar-refractivity contribution in [3.05, 3.63) is 30.6 Å². The number of rotatable bonds is 2. The molecule has 0 bridgehead atoms. The highest BCUT2D eigenvalue weighted by molar-refractivity contribution is 5.93.